The number of ether oxygens (including phenoxy) is 2. The number of halogens is 3. The Morgan fingerprint density at radius 3 is 2.34 bits per heavy atom. The molecule has 176 valence electrons. The molecule has 0 atom stereocenters. The summed E-state index contributed by atoms with van der Waals surface area (Å²) in [5.41, 5.74) is 0.427. The molecule has 0 fully saturated rings. The van der Waals surface area contributed by atoms with Crippen LogP contribution in [0, 0.1) is 0 Å². The monoisotopic (exact) mass is 478 g/mol. The summed E-state index contributed by atoms with van der Waals surface area (Å²) >= 11 is 0. The van der Waals surface area contributed by atoms with Crippen molar-refractivity contribution in [3.05, 3.63) is 113 Å². The standard InChI is InChI=1S/C26H17F3N2O4/c27-26(28,29)25-24(34-19-9-5-2-6-10-19)23(32)21-12-11-20(13-22(21)35-25)33-16-17-14-30-31(15-17)18-7-3-1-4-8-18/h1-15H,16H2. The molecular formula is C26H17F3N2O4. The van der Waals surface area contributed by atoms with Gasteiger partial charge in [0.1, 0.15) is 23.7 Å². The zero-order chi connectivity index (χ0) is 24.4. The van der Waals surface area contributed by atoms with E-state index in [-0.39, 0.29) is 29.1 Å². The minimum atomic E-state index is -4.94. The number of aromatic nitrogens is 2. The summed E-state index contributed by atoms with van der Waals surface area (Å²) in [5.74, 6) is -2.11. The predicted molar refractivity (Wildman–Crippen MR) is 122 cm³/mol. The maximum Gasteiger partial charge on any atom is 0.453 e. The molecule has 0 saturated carbocycles. The molecule has 35 heavy (non-hydrogen) atoms. The van der Waals surface area contributed by atoms with E-state index in [4.69, 9.17) is 13.9 Å². The average molecular weight is 478 g/mol. The van der Waals surface area contributed by atoms with Crippen LogP contribution in [-0.2, 0) is 12.8 Å². The van der Waals surface area contributed by atoms with Gasteiger partial charge in [-0.15, -0.1) is 0 Å². The van der Waals surface area contributed by atoms with Gasteiger partial charge in [0.25, 0.3) is 5.76 Å². The van der Waals surface area contributed by atoms with Gasteiger partial charge in [-0.3, -0.25) is 4.79 Å². The predicted octanol–water partition coefficient (Wildman–Crippen LogP) is 6.37. The normalized spacial score (nSPS) is 11.5. The van der Waals surface area contributed by atoms with Crippen LogP contribution in [0.1, 0.15) is 11.3 Å². The number of rotatable bonds is 6. The van der Waals surface area contributed by atoms with E-state index in [9.17, 15) is 18.0 Å². The molecule has 0 aliphatic heterocycles. The van der Waals surface area contributed by atoms with E-state index in [1.165, 1.54) is 30.3 Å². The van der Waals surface area contributed by atoms with Crippen LogP contribution in [0.15, 0.2) is 100 Å². The third-order valence-corrected chi connectivity index (χ3v) is 5.11. The van der Waals surface area contributed by atoms with Crippen LogP contribution < -0.4 is 14.9 Å². The lowest BCUT2D eigenvalue weighted by Gasteiger charge is -2.13. The molecule has 5 aromatic rings. The van der Waals surface area contributed by atoms with Crippen LogP contribution in [0.4, 0.5) is 13.2 Å². The van der Waals surface area contributed by atoms with E-state index < -0.39 is 23.1 Å². The van der Waals surface area contributed by atoms with Gasteiger partial charge >= 0.3 is 6.18 Å². The molecule has 9 heteroatoms. The van der Waals surface area contributed by atoms with Gasteiger partial charge in [0.05, 0.1) is 17.3 Å². The van der Waals surface area contributed by atoms with Crippen LogP contribution in [0.3, 0.4) is 0 Å². The number of benzene rings is 3. The van der Waals surface area contributed by atoms with Gasteiger partial charge < -0.3 is 13.9 Å². The minimum Gasteiger partial charge on any atom is -0.489 e. The summed E-state index contributed by atoms with van der Waals surface area (Å²) < 4.78 is 59.0. The fourth-order valence-electron chi connectivity index (χ4n) is 3.46. The highest BCUT2D eigenvalue weighted by molar-refractivity contribution is 5.79. The molecule has 0 saturated heterocycles. The SMILES string of the molecule is O=c1c(Oc2ccccc2)c(C(F)(F)F)oc2cc(OCc3cnn(-c4ccccc4)c3)ccc12. The van der Waals surface area contributed by atoms with Crippen LogP contribution in [0.2, 0.25) is 0 Å². The summed E-state index contributed by atoms with van der Waals surface area (Å²) in [6.07, 6.45) is -1.53. The Bertz CT molecular complexity index is 1530. The van der Waals surface area contributed by atoms with Crippen LogP contribution in [0.5, 0.6) is 17.2 Å². The summed E-state index contributed by atoms with van der Waals surface area (Å²) in [7, 11) is 0. The number of hydrogen-bond donors (Lipinski definition) is 0. The smallest absolute Gasteiger partial charge is 0.453 e. The third kappa shape index (κ3) is 4.74. The van der Waals surface area contributed by atoms with Crippen molar-refractivity contribution in [2.75, 3.05) is 0 Å². The van der Waals surface area contributed by atoms with Crippen molar-refractivity contribution in [1.82, 2.24) is 9.78 Å². The highest BCUT2D eigenvalue weighted by atomic mass is 19.4. The molecule has 0 radical (unpaired) electrons. The van der Waals surface area contributed by atoms with E-state index in [0.717, 1.165) is 11.3 Å². The van der Waals surface area contributed by atoms with Crippen molar-refractivity contribution in [3.8, 4) is 22.9 Å². The van der Waals surface area contributed by atoms with Crippen molar-refractivity contribution in [2.45, 2.75) is 12.8 Å². The molecule has 3 aromatic carbocycles. The molecular weight excluding hydrogens is 461 g/mol. The second-order valence-electron chi connectivity index (χ2n) is 7.58. The molecule has 0 unspecified atom stereocenters. The molecule has 5 rings (SSSR count). The van der Waals surface area contributed by atoms with E-state index in [2.05, 4.69) is 5.10 Å². The minimum absolute atomic E-state index is 0.0619. The summed E-state index contributed by atoms with van der Waals surface area (Å²) in [5, 5.41) is 4.22. The Labute approximate surface area is 196 Å². The van der Waals surface area contributed by atoms with Gasteiger partial charge in [0.2, 0.25) is 11.2 Å². The lowest BCUT2D eigenvalue weighted by molar-refractivity contribution is -0.154. The molecule has 0 aliphatic carbocycles. The van der Waals surface area contributed by atoms with Crippen molar-refractivity contribution in [1.29, 1.82) is 0 Å². The van der Waals surface area contributed by atoms with Gasteiger partial charge in [0, 0.05) is 17.8 Å². The molecule has 0 spiro atoms. The Morgan fingerprint density at radius 1 is 0.914 bits per heavy atom. The van der Waals surface area contributed by atoms with Crippen LogP contribution >= 0.6 is 0 Å². The Morgan fingerprint density at radius 2 is 1.63 bits per heavy atom. The van der Waals surface area contributed by atoms with Crippen molar-refractivity contribution >= 4 is 11.0 Å². The van der Waals surface area contributed by atoms with Gasteiger partial charge in [-0.25, -0.2) is 4.68 Å². The lowest BCUT2D eigenvalue weighted by Crippen LogP contribution is -2.15. The maximum absolute atomic E-state index is 13.7. The Kier molecular flexibility index (Phi) is 5.74. The zero-order valence-electron chi connectivity index (χ0n) is 18.0. The highest BCUT2D eigenvalue weighted by Crippen LogP contribution is 2.38. The molecule has 0 amide bonds. The van der Waals surface area contributed by atoms with Gasteiger partial charge in [-0.2, -0.15) is 18.3 Å². The first-order chi connectivity index (χ1) is 16.9. The van der Waals surface area contributed by atoms with E-state index in [1.807, 2.05) is 30.3 Å². The quantitative estimate of drug-likeness (QED) is 0.284. The van der Waals surface area contributed by atoms with Crippen LogP contribution in [0.25, 0.3) is 16.7 Å². The van der Waals surface area contributed by atoms with E-state index in [1.54, 1.807) is 35.3 Å². The molecule has 0 bridgehead atoms. The van der Waals surface area contributed by atoms with Gasteiger partial charge in [-0.1, -0.05) is 36.4 Å². The lowest BCUT2D eigenvalue weighted by atomic mass is 10.2. The van der Waals surface area contributed by atoms with Gasteiger partial charge in [0.15, 0.2) is 0 Å². The first-order valence-electron chi connectivity index (χ1n) is 10.5. The number of hydrogen-bond acceptors (Lipinski definition) is 5. The topological polar surface area (TPSA) is 66.5 Å². The zero-order valence-corrected chi connectivity index (χ0v) is 18.0. The van der Waals surface area contributed by atoms with Crippen molar-refractivity contribution in [2.24, 2.45) is 0 Å². The van der Waals surface area contributed by atoms with Crippen molar-refractivity contribution < 1.29 is 27.1 Å². The van der Waals surface area contributed by atoms with E-state index in [0.29, 0.717) is 0 Å². The van der Waals surface area contributed by atoms with Gasteiger partial charge in [-0.05, 0) is 36.4 Å². The second kappa shape index (κ2) is 9.02. The maximum atomic E-state index is 13.7. The number of nitrogens with zero attached hydrogens (tertiary/aromatic N) is 2. The summed E-state index contributed by atoms with van der Waals surface area (Å²) in [6, 6.07) is 21.3. The average Bonchev–Trinajstić information content (AvgIpc) is 3.34. The number of fused-ring (bicyclic) bond motifs is 1. The molecule has 2 heterocycles. The summed E-state index contributed by atoms with van der Waals surface area (Å²) in [4.78, 5) is 12.9. The first-order valence-corrected chi connectivity index (χ1v) is 10.5. The van der Waals surface area contributed by atoms with E-state index >= 15 is 0 Å². The largest absolute Gasteiger partial charge is 0.489 e. The first kappa shape index (κ1) is 22.3. The second-order valence-corrected chi connectivity index (χ2v) is 7.58. The Balaban J connectivity index is 1.43. The number of alkyl halides is 3. The van der Waals surface area contributed by atoms with Crippen molar-refractivity contribution in [3.63, 3.8) is 0 Å². The fourth-order valence-corrected chi connectivity index (χ4v) is 3.46. The number of para-hydroxylation sites is 2. The Hall–Kier alpha value is -4.53. The van der Waals surface area contributed by atoms with Crippen LogP contribution in [-0.4, -0.2) is 9.78 Å². The molecule has 6 nitrogen and oxygen atoms in total. The fraction of sp³-hybridized carbons (Fsp3) is 0.0769. The molecule has 0 aliphatic rings. The third-order valence-electron chi connectivity index (χ3n) is 5.11. The molecule has 0 N–H and O–H groups in total. The summed E-state index contributed by atoms with van der Waals surface area (Å²) in [6.45, 7) is 0.115. The highest BCUT2D eigenvalue weighted by Gasteiger charge is 2.40. The molecule has 2 aromatic heterocycles.